The second-order valence-electron chi connectivity index (χ2n) is 5.85. The maximum absolute atomic E-state index is 5.76. The standard InChI is InChI=1S/C17H23N3O2/c1-11-8-9-16(22-11)15(10-21-3)20-17-13-6-4-5-7-14(13)18-12(2)19-17/h8-9,15H,4-7,10H2,1-3H3,(H,18,19,20). The molecular formula is C17H23N3O2. The Morgan fingerprint density at radius 3 is 2.77 bits per heavy atom. The molecule has 1 atom stereocenters. The molecule has 0 aliphatic heterocycles. The van der Waals surface area contributed by atoms with E-state index in [1.165, 1.54) is 24.1 Å². The number of fused-ring (bicyclic) bond motifs is 1. The summed E-state index contributed by atoms with van der Waals surface area (Å²) in [5.74, 6) is 3.52. The van der Waals surface area contributed by atoms with E-state index in [4.69, 9.17) is 9.15 Å². The number of anilines is 1. The Bertz CT molecular complexity index is 651. The Morgan fingerprint density at radius 2 is 2.05 bits per heavy atom. The van der Waals surface area contributed by atoms with Crippen LogP contribution in [0.3, 0.4) is 0 Å². The minimum absolute atomic E-state index is 0.0426. The van der Waals surface area contributed by atoms with Gasteiger partial charge in [0.2, 0.25) is 0 Å². The molecule has 1 N–H and O–H groups in total. The van der Waals surface area contributed by atoms with Crippen LogP contribution >= 0.6 is 0 Å². The molecule has 0 amide bonds. The van der Waals surface area contributed by atoms with Crippen LogP contribution in [0.2, 0.25) is 0 Å². The minimum atomic E-state index is -0.0426. The summed E-state index contributed by atoms with van der Waals surface area (Å²) in [6.45, 7) is 4.43. The topological polar surface area (TPSA) is 60.2 Å². The van der Waals surface area contributed by atoms with Crippen LogP contribution in [0, 0.1) is 13.8 Å². The van der Waals surface area contributed by atoms with Crippen LogP contribution in [0.15, 0.2) is 16.5 Å². The second kappa shape index (κ2) is 6.48. The summed E-state index contributed by atoms with van der Waals surface area (Å²) in [6.07, 6.45) is 4.49. The Labute approximate surface area is 131 Å². The lowest BCUT2D eigenvalue weighted by atomic mass is 9.96. The van der Waals surface area contributed by atoms with Gasteiger partial charge in [0.1, 0.15) is 29.2 Å². The number of hydrogen-bond donors (Lipinski definition) is 1. The van der Waals surface area contributed by atoms with Crippen molar-refractivity contribution in [3.63, 3.8) is 0 Å². The molecular weight excluding hydrogens is 278 g/mol. The van der Waals surface area contributed by atoms with Gasteiger partial charge in [0.15, 0.2) is 0 Å². The number of hydrogen-bond acceptors (Lipinski definition) is 5. The third-order valence-electron chi connectivity index (χ3n) is 4.04. The van der Waals surface area contributed by atoms with Crippen molar-refractivity contribution in [3.05, 3.63) is 40.7 Å². The summed E-state index contributed by atoms with van der Waals surface area (Å²) in [5.41, 5.74) is 2.44. The number of furan rings is 1. The monoisotopic (exact) mass is 301 g/mol. The molecule has 0 saturated heterocycles. The van der Waals surface area contributed by atoms with Gasteiger partial charge >= 0.3 is 0 Å². The molecule has 0 saturated carbocycles. The molecule has 118 valence electrons. The van der Waals surface area contributed by atoms with Gasteiger partial charge < -0.3 is 14.5 Å². The summed E-state index contributed by atoms with van der Waals surface area (Å²) in [4.78, 5) is 9.22. The van der Waals surface area contributed by atoms with E-state index in [1.54, 1.807) is 7.11 Å². The molecule has 3 rings (SSSR count). The van der Waals surface area contributed by atoms with Crippen molar-refractivity contribution in [1.82, 2.24) is 9.97 Å². The second-order valence-corrected chi connectivity index (χ2v) is 5.85. The van der Waals surface area contributed by atoms with Crippen LogP contribution in [0.1, 0.15) is 47.5 Å². The fourth-order valence-corrected chi connectivity index (χ4v) is 3.00. The van der Waals surface area contributed by atoms with Crippen LogP contribution in [0.25, 0.3) is 0 Å². The molecule has 1 unspecified atom stereocenters. The zero-order valence-corrected chi connectivity index (χ0v) is 13.5. The molecule has 2 heterocycles. The lowest BCUT2D eigenvalue weighted by Gasteiger charge is -2.22. The Morgan fingerprint density at radius 1 is 1.23 bits per heavy atom. The van der Waals surface area contributed by atoms with Gasteiger partial charge in [0, 0.05) is 18.4 Å². The van der Waals surface area contributed by atoms with Gasteiger partial charge in [-0.05, 0) is 51.7 Å². The molecule has 2 aromatic heterocycles. The average Bonchev–Trinajstić information content (AvgIpc) is 2.93. The van der Waals surface area contributed by atoms with E-state index in [9.17, 15) is 0 Å². The number of ether oxygens (including phenoxy) is 1. The van der Waals surface area contributed by atoms with Crippen molar-refractivity contribution in [3.8, 4) is 0 Å². The van der Waals surface area contributed by atoms with Crippen molar-refractivity contribution in [2.24, 2.45) is 0 Å². The maximum Gasteiger partial charge on any atom is 0.133 e. The van der Waals surface area contributed by atoms with Gasteiger partial charge in [0.05, 0.1) is 6.61 Å². The summed E-state index contributed by atoms with van der Waals surface area (Å²) in [6, 6.07) is 3.92. The van der Waals surface area contributed by atoms with Gasteiger partial charge in [-0.25, -0.2) is 9.97 Å². The van der Waals surface area contributed by atoms with Gasteiger partial charge in [-0.15, -0.1) is 0 Å². The van der Waals surface area contributed by atoms with E-state index in [-0.39, 0.29) is 6.04 Å². The number of nitrogens with one attached hydrogen (secondary N) is 1. The Kier molecular flexibility index (Phi) is 4.43. The third-order valence-corrected chi connectivity index (χ3v) is 4.04. The molecule has 0 bridgehead atoms. The highest BCUT2D eigenvalue weighted by atomic mass is 16.5. The van der Waals surface area contributed by atoms with E-state index < -0.39 is 0 Å². The number of aryl methyl sites for hydroxylation is 3. The molecule has 5 nitrogen and oxygen atoms in total. The molecule has 22 heavy (non-hydrogen) atoms. The van der Waals surface area contributed by atoms with Gasteiger partial charge in [-0.1, -0.05) is 0 Å². The first-order chi connectivity index (χ1) is 10.7. The molecule has 1 aliphatic rings. The first-order valence-corrected chi connectivity index (χ1v) is 7.85. The van der Waals surface area contributed by atoms with Crippen LogP contribution < -0.4 is 5.32 Å². The summed E-state index contributed by atoms with van der Waals surface area (Å²) in [5, 5.41) is 3.51. The van der Waals surface area contributed by atoms with Crippen molar-refractivity contribution >= 4 is 5.82 Å². The van der Waals surface area contributed by atoms with Crippen molar-refractivity contribution in [2.45, 2.75) is 45.6 Å². The smallest absolute Gasteiger partial charge is 0.133 e. The first-order valence-electron chi connectivity index (χ1n) is 7.85. The van der Waals surface area contributed by atoms with E-state index in [0.717, 1.165) is 36.0 Å². The SMILES string of the molecule is COCC(Nc1nc(C)nc2c1CCCC2)c1ccc(C)o1. The lowest BCUT2D eigenvalue weighted by molar-refractivity contribution is 0.178. The summed E-state index contributed by atoms with van der Waals surface area (Å²) in [7, 11) is 1.70. The highest BCUT2D eigenvalue weighted by molar-refractivity contribution is 5.49. The fraction of sp³-hybridized carbons (Fsp3) is 0.529. The number of aromatic nitrogens is 2. The van der Waals surface area contributed by atoms with E-state index in [2.05, 4.69) is 15.3 Å². The predicted molar refractivity (Wildman–Crippen MR) is 85.1 cm³/mol. The van der Waals surface area contributed by atoms with Crippen LogP contribution in [-0.2, 0) is 17.6 Å². The van der Waals surface area contributed by atoms with E-state index >= 15 is 0 Å². The van der Waals surface area contributed by atoms with Crippen LogP contribution in [-0.4, -0.2) is 23.7 Å². The van der Waals surface area contributed by atoms with Gasteiger partial charge in [0.25, 0.3) is 0 Å². The van der Waals surface area contributed by atoms with Crippen molar-refractivity contribution in [2.75, 3.05) is 19.0 Å². The average molecular weight is 301 g/mol. The van der Waals surface area contributed by atoms with E-state index in [1.807, 2.05) is 26.0 Å². The molecule has 5 heteroatoms. The molecule has 0 aromatic carbocycles. The van der Waals surface area contributed by atoms with Crippen molar-refractivity contribution < 1.29 is 9.15 Å². The highest BCUT2D eigenvalue weighted by Gasteiger charge is 2.21. The molecule has 0 spiro atoms. The zero-order valence-electron chi connectivity index (χ0n) is 13.5. The zero-order chi connectivity index (χ0) is 15.5. The Hall–Kier alpha value is -1.88. The molecule has 0 radical (unpaired) electrons. The fourth-order valence-electron chi connectivity index (χ4n) is 3.00. The van der Waals surface area contributed by atoms with Gasteiger partial charge in [-0.2, -0.15) is 0 Å². The highest BCUT2D eigenvalue weighted by Crippen LogP contribution is 2.29. The molecule has 1 aliphatic carbocycles. The summed E-state index contributed by atoms with van der Waals surface area (Å²) < 4.78 is 11.1. The molecule has 0 fully saturated rings. The quantitative estimate of drug-likeness (QED) is 0.917. The van der Waals surface area contributed by atoms with Crippen molar-refractivity contribution in [1.29, 1.82) is 0 Å². The summed E-state index contributed by atoms with van der Waals surface area (Å²) >= 11 is 0. The minimum Gasteiger partial charge on any atom is -0.464 e. The molecule has 2 aromatic rings. The largest absolute Gasteiger partial charge is 0.464 e. The predicted octanol–water partition coefficient (Wildman–Crippen LogP) is 3.36. The number of nitrogens with zero attached hydrogens (tertiary/aromatic N) is 2. The number of rotatable bonds is 5. The van der Waals surface area contributed by atoms with Gasteiger partial charge in [-0.3, -0.25) is 0 Å². The normalized spacial score (nSPS) is 15.4. The van der Waals surface area contributed by atoms with Crippen LogP contribution in [0.4, 0.5) is 5.82 Å². The maximum atomic E-state index is 5.76. The van der Waals surface area contributed by atoms with E-state index in [0.29, 0.717) is 6.61 Å². The number of methoxy groups -OCH3 is 1. The third kappa shape index (κ3) is 3.14. The Balaban J connectivity index is 1.91. The van der Waals surface area contributed by atoms with Crippen LogP contribution in [0.5, 0.6) is 0 Å². The lowest BCUT2D eigenvalue weighted by Crippen LogP contribution is -2.20. The first kappa shape index (κ1) is 15.0.